The Bertz CT molecular complexity index is 740. The van der Waals surface area contributed by atoms with Gasteiger partial charge in [-0.05, 0) is 44.4 Å². The number of benzene rings is 1. The van der Waals surface area contributed by atoms with E-state index in [9.17, 15) is 13.6 Å². The van der Waals surface area contributed by atoms with Crippen LogP contribution >= 0.6 is 0 Å². The number of aromatic nitrogens is 1. The lowest BCUT2D eigenvalue weighted by molar-refractivity contribution is -0.130. The maximum absolute atomic E-state index is 13.7. The molecule has 6 heteroatoms. The number of nitrogens with zero attached hydrogens (tertiary/aromatic N) is 1. The molecule has 122 valence electrons. The molecule has 1 fully saturated rings. The minimum Gasteiger partial charge on any atom is -0.444 e. The first kappa shape index (κ1) is 15.6. The number of oxazole rings is 1. The number of carbonyl (C=O) groups excluding carboxylic acids is 1. The van der Waals surface area contributed by atoms with Crippen LogP contribution in [-0.4, -0.2) is 16.8 Å². The van der Waals surface area contributed by atoms with Gasteiger partial charge in [0.25, 0.3) is 5.92 Å². The molecule has 0 aliphatic heterocycles. The van der Waals surface area contributed by atoms with E-state index in [0.29, 0.717) is 18.0 Å². The van der Waals surface area contributed by atoms with E-state index in [1.807, 2.05) is 13.8 Å². The Balaban J connectivity index is 1.83. The molecule has 3 rings (SSSR count). The van der Waals surface area contributed by atoms with Crippen molar-refractivity contribution in [1.82, 2.24) is 4.98 Å². The van der Waals surface area contributed by atoms with Crippen LogP contribution in [0.3, 0.4) is 0 Å². The van der Waals surface area contributed by atoms with E-state index in [4.69, 9.17) is 4.42 Å². The SMILES string of the molecule is Cc1coc(-c2cc(NC(=O)C3CCCC3(F)F)ccc2C)n1. The van der Waals surface area contributed by atoms with E-state index < -0.39 is 17.7 Å². The van der Waals surface area contributed by atoms with E-state index in [1.54, 1.807) is 24.5 Å². The van der Waals surface area contributed by atoms with Crippen molar-refractivity contribution in [2.75, 3.05) is 5.32 Å². The molecule has 1 aliphatic rings. The van der Waals surface area contributed by atoms with Gasteiger partial charge in [0.2, 0.25) is 11.8 Å². The molecule has 1 atom stereocenters. The summed E-state index contributed by atoms with van der Waals surface area (Å²) < 4.78 is 32.8. The van der Waals surface area contributed by atoms with Gasteiger partial charge in [0.15, 0.2) is 0 Å². The van der Waals surface area contributed by atoms with E-state index in [-0.39, 0.29) is 12.8 Å². The van der Waals surface area contributed by atoms with Crippen molar-refractivity contribution < 1.29 is 18.0 Å². The molecular formula is C17H18F2N2O2. The maximum Gasteiger partial charge on any atom is 0.259 e. The third kappa shape index (κ3) is 3.11. The van der Waals surface area contributed by atoms with Crippen LogP contribution in [-0.2, 0) is 4.79 Å². The summed E-state index contributed by atoms with van der Waals surface area (Å²) in [5, 5.41) is 2.60. The summed E-state index contributed by atoms with van der Waals surface area (Å²) in [6.45, 7) is 3.71. The minimum absolute atomic E-state index is 0.219. The zero-order chi connectivity index (χ0) is 16.6. The van der Waals surface area contributed by atoms with Gasteiger partial charge in [0.1, 0.15) is 12.2 Å². The molecular weight excluding hydrogens is 302 g/mol. The lowest BCUT2D eigenvalue weighted by Crippen LogP contribution is -2.33. The van der Waals surface area contributed by atoms with E-state index in [2.05, 4.69) is 10.3 Å². The molecule has 23 heavy (non-hydrogen) atoms. The van der Waals surface area contributed by atoms with Gasteiger partial charge in [-0.1, -0.05) is 6.07 Å². The Kier molecular flexibility index (Phi) is 3.92. The molecule has 1 heterocycles. The molecule has 1 amide bonds. The summed E-state index contributed by atoms with van der Waals surface area (Å²) in [7, 11) is 0. The molecule has 1 N–H and O–H groups in total. The number of anilines is 1. The molecule has 1 aromatic carbocycles. The molecule has 4 nitrogen and oxygen atoms in total. The van der Waals surface area contributed by atoms with E-state index in [0.717, 1.165) is 16.8 Å². The van der Waals surface area contributed by atoms with Crippen molar-refractivity contribution in [2.24, 2.45) is 5.92 Å². The third-order valence-corrected chi connectivity index (χ3v) is 4.18. The second-order valence-electron chi connectivity index (χ2n) is 6.02. The van der Waals surface area contributed by atoms with Gasteiger partial charge in [-0.2, -0.15) is 0 Å². The predicted molar refractivity (Wildman–Crippen MR) is 82.3 cm³/mol. The molecule has 2 aromatic rings. The second kappa shape index (κ2) is 5.76. The summed E-state index contributed by atoms with van der Waals surface area (Å²) >= 11 is 0. The Hall–Kier alpha value is -2.24. The van der Waals surface area contributed by atoms with Gasteiger partial charge in [0.05, 0.1) is 5.69 Å². The summed E-state index contributed by atoms with van der Waals surface area (Å²) in [6, 6.07) is 5.20. The van der Waals surface area contributed by atoms with Gasteiger partial charge in [-0.15, -0.1) is 0 Å². The fourth-order valence-corrected chi connectivity index (χ4v) is 2.89. The first-order chi connectivity index (χ1) is 10.9. The highest BCUT2D eigenvalue weighted by Gasteiger charge is 2.48. The Morgan fingerprint density at radius 3 is 2.78 bits per heavy atom. The number of nitrogens with one attached hydrogen (secondary N) is 1. The average Bonchev–Trinajstić information content (AvgIpc) is 3.06. The molecule has 0 bridgehead atoms. The van der Waals surface area contributed by atoms with Crippen LogP contribution in [0.5, 0.6) is 0 Å². The number of hydrogen-bond donors (Lipinski definition) is 1. The molecule has 1 aliphatic carbocycles. The number of aryl methyl sites for hydroxylation is 2. The number of alkyl halides is 2. The fraction of sp³-hybridized carbons (Fsp3) is 0.412. The quantitative estimate of drug-likeness (QED) is 0.915. The van der Waals surface area contributed by atoms with Gasteiger partial charge in [-0.25, -0.2) is 13.8 Å². The average molecular weight is 320 g/mol. The Morgan fingerprint density at radius 1 is 1.39 bits per heavy atom. The number of carbonyl (C=O) groups is 1. The number of amides is 1. The highest BCUT2D eigenvalue weighted by Crippen LogP contribution is 2.41. The first-order valence-electron chi connectivity index (χ1n) is 7.58. The molecule has 1 saturated carbocycles. The smallest absolute Gasteiger partial charge is 0.259 e. The first-order valence-corrected chi connectivity index (χ1v) is 7.58. The Morgan fingerprint density at radius 2 is 2.17 bits per heavy atom. The lowest BCUT2D eigenvalue weighted by Gasteiger charge is -2.18. The van der Waals surface area contributed by atoms with Crippen molar-refractivity contribution >= 4 is 11.6 Å². The largest absolute Gasteiger partial charge is 0.444 e. The zero-order valence-corrected chi connectivity index (χ0v) is 13.0. The fourth-order valence-electron chi connectivity index (χ4n) is 2.89. The third-order valence-electron chi connectivity index (χ3n) is 4.18. The van der Waals surface area contributed by atoms with Crippen LogP contribution < -0.4 is 5.32 Å². The molecule has 0 radical (unpaired) electrons. The lowest BCUT2D eigenvalue weighted by atomic mass is 10.0. The molecule has 1 unspecified atom stereocenters. The van der Waals surface area contributed by atoms with Crippen LogP contribution in [0.1, 0.15) is 30.5 Å². The highest BCUT2D eigenvalue weighted by atomic mass is 19.3. The number of rotatable bonds is 3. The summed E-state index contributed by atoms with van der Waals surface area (Å²) in [6.07, 6.45) is 1.91. The highest BCUT2D eigenvalue weighted by molar-refractivity contribution is 5.94. The summed E-state index contributed by atoms with van der Waals surface area (Å²) in [4.78, 5) is 16.4. The molecule has 0 saturated heterocycles. The summed E-state index contributed by atoms with van der Waals surface area (Å²) in [5.74, 6) is -4.36. The predicted octanol–water partition coefficient (Wildman–Crippen LogP) is 4.33. The van der Waals surface area contributed by atoms with Crippen molar-refractivity contribution in [1.29, 1.82) is 0 Å². The van der Waals surface area contributed by atoms with Gasteiger partial charge in [-0.3, -0.25) is 4.79 Å². The normalized spacial score (nSPS) is 19.7. The number of hydrogen-bond acceptors (Lipinski definition) is 3. The number of halogens is 2. The van der Waals surface area contributed by atoms with Gasteiger partial charge < -0.3 is 9.73 Å². The monoisotopic (exact) mass is 320 g/mol. The van der Waals surface area contributed by atoms with Crippen molar-refractivity contribution in [2.45, 2.75) is 39.0 Å². The van der Waals surface area contributed by atoms with Crippen LogP contribution in [0.15, 0.2) is 28.9 Å². The topological polar surface area (TPSA) is 55.1 Å². The van der Waals surface area contributed by atoms with Gasteiger partial charge in [0, 0.05) is 17.7 Å². The minimum atomic E-state index is -2.92. The van der Waals surface area contributed by atoms with Crippen molar-refractivity contribution in [3.05, 3.63) is 35.7 Å². The van der Waals surface area contributed by atoms with E-state index >= 15 is 0 Å². The van der Waals surface area contributed by atoms with E-state index in [1.165, 1.54) is 0 Å². The zero-order valence-electron chi connectivity index (χ0n) is 13.0. The van der Waals surface area contributed by atoms with Crippen molar-refractivity contribution in [3.63, 3.8) is 0 Å². The van der Waals surface area contributed by atoms with Gasteiger partial charge >= 0.3 is 0 Å². The van der Waals surface area contributed by atoms with Crippen molar-refractivity contribution in [3.8, 4) is 11.5 Å². The molecule has 1 aromatic heterocycles. The molecule has 0 spiro atoms. The summed E-state index contributed by atoms with van der Waals surface area (Å²) in [5.41, 5.74) is 2.87. The maximum atomic E-state index is 13.7. The standard InChI is InChI=1S/C17H18F2N2O2/c1-10-5-6-12(8-13(10)16-20-11(2)9-23-16)21-15(22)14-4-3-7-17(14,18)19/h5-6,8-9,14H,3-4,7H2,1-2H3,(H,21,22). The van der Waals surface area contributed by atoms with Crippen LogP contribution in [0.2, 0.25) is 0 Å². The van der Waals surface area contributed by atoms with Crippen LogP contribution in [0.25, 0.3) is 11.5 Å². The second-order valence-corrected chi connectivity index (χ2v) is 6.02. The van der Waals surface area contributed by atoms with Crippen LogP contribution in [0, 0.1) is 19.8 Å². The van der Waals surface area contributed by atoms with Crippen LogP contribution in [0.4, 0.5) is 14.5 Å². The Labute approximate surface area is 132 Å².